The molecule has 4 rings (SSSR count). The van der Waals surface area contributed by atoms with Crippen molar-refractivity contribution in [3.63, 3.8) is 0 Å². The zero-order valence-corrected chi connectivity index (χ0v) is 16.9. The van der Waals surface area contributed by atoms with Gasteiger partial charge < -0.3 is 10.2 Å². The molecule has 3 heterocycles. The molecule has 0 spiro atoms. The standard InChI is InChI=1S/C22H24N6O2/c1-16-7-9-27(10-8-16)20-12-19(23-14-24-20)26-21(29)13-28-15-25-18(11-22(28)30)17-5-3-2-4-6-17/h2-6,11-12,14-16H,7-10,13H2,1H3,(H,23,24,26,29). The second-order valence-electron chi connectivity index (χ2n) is 7.59. The quantitative estimate of drug-likeness (QED) is 0.703. The molecule has 8 nitrogen and oxygen atoms in total. The maximum Gasteiger partial charge on any atom is 0.254 e. The van der Waals surface area contributed by atoms with Crippen molar-refractivity contribution in [2.75, 3.05) is 23.3 Å². The molecule has 0 bridgehead atoms. The van der Waals surface area contributed by atoms with Crippen LogP contribution in [0.15, 0.2) is 59.9 Å². The number of aromatic nitrogens is 4. The molecular formula is C22H24N6O2. The normalized spacial score (nSPS) is 14.5. The Labute approximate surface area is 174 Å². The van der Waals surface area contributed by atoms with Crippen LogP contribution in [-0.4, -0.2) is 38.5 Å². The molecule has 1 aliphatic heterocycles. The second kappa shape index (κ2) is 8.86. The van der Waals surface area contributed by atoms with Crippen LogP contribution in [0.1, 0.15) is 19.8 Å². The first-order valence-electron chi connectivity index (χ1n) is 10.1. The minimum absolute atomic E-state index is 0.137. The van der Waals surface area contributed by atoms with Crippen LogP contribution in [-0.2, 0) is 11.3 Å². The number of piperidine rings is 1. The van der Waals surface area contributed by atoms with Gasteiger partial charge in [0.25, 0.3) is 5.56 Å². The summed E-state index contributed by atoms with van der Waals surface area (Å²) in [4.78, 5) is 39.8. The van der Waals surface area contributed by atoms with Crippen molar-refractivity contribution in [3.05, 3.63) is 65.5 Å². The number of anilines is 2. The van der Waals surface area contributed by atoms with E-state index in [1.165, 1.54) is 23.3 Å². The van der Waals surface area contributed by atoms with Crippen molar-refractivity contribution in [1.29, 1.82) is 0 Å². The Morgan fingerprint density at radius 3 is 2.60 bits per heavy atom. The van der Waals surface area contributed by atoms with Gasteiger partial charge in [0, 0.05) is 30.8 Å². The summed E-state index contributed by atoms with van der Waals surface area (Å²) in [5.41, 5.74) is 1.14. The number of nitrogens with one attached hydrogen (secondary N) is 1. The Hall–Kier alpha value is -3.55. The van der Waals surface area contributed by atoms with Crippen LogP contribution in [0.4, 0.5) is 11.6 Å². The third kappa shape index (κ3) is 4.71. The van der Waals surface area contributed by atoms with Gasteiger partial charge in [-0.15, -0.1) is 0 Å². The minimum Gasteiger partial charge on any atom is -0.356 e. The number of nitrogens with zero attached hydrogens (tertiary/aromatic N) is 5. The van der Waals surface area contributed by atoms with E-state index in [9.17, 15) is 9.59 Å². The number of amides is 1. The smallest absolute Gasteiger partial charge is 0.254 e. The number of benzene rings is 1. The highest BCUT2D eigenvalue weighted by atomic mass is 16.2. The van der Waals surface area contributed by atoms with Gasteiger partial charge in [0.2, 0.25) is 5.91 Å². The molecule has 0 atom stereocenters. The summed E-state index contributed by atoms with van der Waals surface area (Å²) in [6.45, 7) is 4.01. The van der Waals surface area contributed by atoms with Crippen LogP contribution in [0, 0.1) is 5.92 Å². The summed E-state index contributed by atoms with van der Waals surface area (Å²) in [6, 6.07) is 12.6. The highest BCUT2D eigenvalue weighted by molar-refractivity contribution is 5.89. The van der Waals surface area contributed by atoms with E-state index in [-0.39, 0.29) is 18.0 Å². The molecule has 8 heteroatoms. The predicted octanol–water partition coefficient (Wildman–Crippen LogP) is 2.58. The highest BCUT2D eigenvalue weighted by Crippen LogP contribution is 2.22. The molecule has 1 N–H and O–H groups in total. The largest absolute Gasteiger partial charge is 0.356 e. The van der Waals surface area contributed by atoms with Gasteiger partial charge in [-0.25, -0.2) is 15.0 Å². The van der Waals surface area contributed by atoms with Crippen molar-refractivity contribution in [2.24, 2.45) is 5.92 Å². The van der Waals surface area contributed by atoms with Crippen LogP contribution in [0.25, 0.3) is 11.3 Å². The topological polar surface area (TPSA) is 93.0 Å². The van der Waals surface area contributed by atoms with Crippen LogP contribution in [0.3, 0.4) is 0 Å². The summed E-state index contributed by atoms with van der Waals surface area (Å²) in [7, 11) is 0. The molecule has 0 unspecified atom stereocenters. The first-order valence-corrected chi connectivity index (χ1v) is 10.1. The van der Waals surface area contributed by atoms with Crippen molar-refractivity contribution in [3.8, 4) is 11.3 Å². The summed E-state index contributed by atoms with van der Waals surface area (Å²) in [5.74, 6) is 1.61. The van der Waals surface area contributed by atoms with Crippen molar-refractivity contribution >= 4 is 17.5 Å². The van der Waals surface area contributed by atoms with E-state index < -0.39 is 0 Å². The first-order chi connectivity index (χ1) is 14.6. The fraction of sp³-hybridized carbons (Fsp3) is 0.318. The van der Waals surface area contributed by atoms with Gasteiger partial charge in [-0.05, 0) is 18.8 Å². The molecule has 0 radical (unpaired) electrons. The number of rotatable bonds is 5. The second-order valence-corrected chi connectivity index (χ2v) is 7.59. The number of hydrogen-bond donors (Lipinski definition) is 1. The molecule has 1 fully saturated rings. The molecule has 0 aliphatic carbocycles. The van der Waals surface area contributed by atoms with Crippen LogP contribution in [0.5, 0.6) is 0 Å². The lowest BCUT2D eigenvalue weighted by Crippen LogP contribution is -2.33. The zero-order chi connectivity index (χ0) is 20.9. The molecule has 1 saturated heterocycles. The van der Waals surface area contributed by atoms with Gasteiger partial charge in [-0.2, -0.15) is 0 Å². The van der Waals surface area contributed by atoms with Crippen molar-refractivity contribution in [1.82, 2.24) is 19.5 Å². The lowest BCUT2D eigenvalue weighted by Gasteiger charge is -2.31. The number of carbonyl (C=O) groups excluding carboxylic acids is 1. The fourth-order valence-corrected chi connectivity index (χ4v) is 3.47. The highest BCUT2D eigenvalue weighted by Gasteiger charge is 2.17. The molecule has 2 aromatic heterocycles. The van der Waals surface area contributed by atoms with Crippen LogP contribution in [0.2, 0.25) is 0 Å². The van der Waals surface area contributed by atoms with E-state index in [1.807, 2.05) is 30.3 Å². The molecule has 1 aromatic carbocycles. The SMILES string of the molecule is CC1CCN(c2cc(NC(=O)Cn3cnc(-c4ccccc4)cc3=O)ncn2)CC1. The number of carbonyl (C=O) groups is 1. The minimum atomic E-state index is -0.344. The Morgan fingerprint density at radius 2 is 1.87 bits per heavy atom. The van der Waals surface area contributed by atoms with Gasteiger partial charge in [0.1, 0.15) is 24.5 Å². The van der Waals surface area contributed by atoms with E-state index in [1.54, 1.807) is 6.07 Å². The third-order valence-corrected chi connectivity index (χ3v) is 5.29. The summed E-state index contributed by atoms with van der Waals surface area (Å²) < 4.78 is 1.27. The molecule has 1 amide bonds. The molecule has 0 saturated carbocycles. The molecule has 3 aromatic rings. The first kappa shape index (κ1) is 19.8. The summed E-state index contributed by atoms with van der Waals surface area (Å²) in [5, 5.41) is 2.75. The zero-order valence-electron chi connectivity index (χ0n) is 16.9. The maximum absolute atomic E-state index is 12.4. The Bertz CT molecular complexity index is 1070. The van der Waals surface area contributed by atoms with Gasteiger partial charge in [-0.3, -0.25) is 14.2 Å². The molecule has 30 heavy (non-hydrogen) atoms. The lowest BCUT2D eigenvalue weighted by molar-refractivity contribution is -0.116. The van der Waals surface area contributed by atoms with Crippen molar-refractivity contribution < 1.29 is 4.79 Å². The Kier molecular flexibility index (Phi) is 5.83. The van der Waals surface area contributed by atoms with Gasteiger partial charge in [-0.1, -0.05) is 37.3 Å². The van der Waals surface area contributed by atoms with E-state index in [0.717, 1.165) is 43.2 Å². The van der Waals surface area contributed by atoms with E-state index >= 15 is 0 Å². The van der Waals surface area contributed by atoms with E-state index in [0.29, 0.717) is 11.5 Å². The van der Waals surface area contributed by atoms with Crippen LogP contribution < -0.4 is 15.8 Å². The number of hydrogen-bond acceptors (Lipinski definition) is 6. The Balaban J connectivity index is 1.41. The monoisotopic (exact) mass is 404 g/mol. The summed E-state index contributed by atoms with van der Waals surface area (Å²) in [6.07, 6.45) is 5.09. The van der Waals surface area contributed by atoms with E-state index in [2.05, 4.69) is 32.1 Å². The molecular weight excluding hydrogens is 380 g/mol. The molecule has 1 aliphatic rings. The van der Waals surface area contributed by atoms with Gasteiger partial charge >= 0.3 is 0 Å². The maximum atomic E-state index is 12.4. The lowest BCUT2D eigenvalue weighted by atomic mass is 9.99. The fourth-order valence-electron chi connectivity index (χ4n) is 3.47. The predicted molar refractivity (Wildman–Crippen MR) is 115 cm³/mol. The van der Waals surface area contributed by atoms with E-state index in [4.69, 9.17) is 0 Å². The van der Waals surface area contributed by atoms with Crippen molar-refractivity contribution in [2.45, 2.75) is 26.3 Å². The van der Waals surface area contributed by atoms with Gasteiger partial charge in [0.15, 0.2) is 0 Å². The average Bonchev–Trinajstić information content (AvgIpc) is 2.76. The summed E-state index contributed by atoms with van der Waals surface area (Å²) >= 11 is 0. The Morgan fingerprint density at radius 1 is 1.10 bits per heavy atom. The molecule has 154 valence electrons. The van der Waals surface area contributed by atoms with Crippen LogP contribution >= 0.6 is 0 Å². The average molecular weight is 404 g/mol. The van der Waals surface area contributed by atoms with Gasteiger partial charge in [0.05, 0.1) is 12.0 Å². The third-order valence-electron chi connectivity index (χ3n) is 5.29.